The number of carbonyl (C=O) groups excluding carboxylic acids is 1. The average molecular weight is 515 g/mol. The van der Waals surface area contributed by atoms with E-state index in [1.165, 1.54) is 29.5 Å². The van der Waals surface area contributed by atoms with Crippen LogP contribution in [-0.4, -0.2) is 41.7 Å². The maximum Gasteiger partial charge on any atom is 0.416 e. The standard InChI is InChI=1S/C26H22F4N4OS/c27-20-8-6-18(7-9-20)23-17-22(33-10-1-2-11-33)24(36-23)31-25(35)34-14-12-32(13-15-34)21-5-3-4-19(16-21)26(28,29)30/h1-11,16-17H,12-15H2,(H,31,35). The molecule has 0 saturated carbocycles. The van der Waals surface area contributed by atoms with Crippen LogP contribution in [0.2, 0.25) is 0 Å². The zero-order valence-electron chi connectivity index (χ0n) is 19.0. The fourth-order valence-corrected chi connectivity index (χ4v) is 5.19. The summed E-state index contributed by atoms with van der Waals surface area (Å²) >= 11 is 1.39. The first kappa shape index (κ1) is 23.9. The highest BCUT2D eigenvalue weighted by molar-refractivity contribution is 7.20. The van der Waals surface area contributed by atoms with Crippen molar-refractivity contribution in [2.75, 3.05) is 36.4 Å². The van der Waals surface area contributed by atoms with Crippen LogP contribution < -0.4 is 10.2 Å². The molecule has 0 atom stereocenters. The van der Waals surface area contributed by atoms with E-state index in [1.54, 1.807) is 23.1 Å². The molecule has 3 heterocycles. The molecule has 10 heteroatoms. The van der Waals surface area contributed by atoms with Crippen LogP contribution in [0.3, 0.4) is 0 Å². The van der Waals surface area contributed by atoms with Crippen molar-refractivity contribution in [3.05, 3.63) is 90.5 Å². The highest BCUT2D eigenvalue weighted by atomic mass is 32.1. The first-order valence-electron chi connectivity index (χ1n) is 11.3. The Kier molecular flexibility index (Phi) is 6.44. The molecule has 2 aromatic heterocycles. The number of rotatable bonds is 4. The smallest absolute Gasteiger partial charge is 0.368 e. The van der Waals surface area contributed by atoms with Gasteiger partial charge >= 0.3 is 12.2 Å². The Morgan fingerprint density at radius 2 is 1.58 bits per heavy atom. The molecule has 1 saturated heterocycles. The summed E-state index contributed by atoms with van der Waals surface area (Å²) < 4.78 is 54.5. The highest BCUT2D eigenvalue weighted by Crippen LogP contribution is 2.38. The molecule has 2 amide bonds. The second kappa shape index (κ2) is 9.69. The van der Waals surface area contributed by atoms with Crippen LogP contribution in [0.5, 0.6) is 0 Å². The van der Waals surface area contributed by atoms with Crippen LogP contribution in [0.15, 0.2) is 79.1 Å². The molecule has 2 aromatic carbocycles. The van der Waals surface area contributed by atoms with Crippen LogP contribution in [0, 0.1) is 5.82 Å². The molecule has 1 fully saturated rings. The van der Waals surface area contributed by atoms with Crippen molar-refractivity contribution in [2.45, 2.75) is 6.18 Å². The molecule has 1 aliphatic heterocycles. The van der Waals surface area contributed by atoms with Gasteiger partial charge < -0.3 is 14.4 Å². The number of halogens is 4. The second-order valence-electron chi connectivity index (χ2n) is 8.37. The van der Waals surface area contributed by atoms with Gasteiger partial charge in [-0.25, -0.2) is 9.18 Å². The Hall–Kier alpha value is -3.79. The van der Waals surface area contributed by atoms with Gasteiger partial charge in [0.15, 0.2) is 0 Å². The molecule has 1 aliphatic rings. The lowest BCUT2D eigenvalue weighted by atomic mass is 10.1. The monoisotopic (exact) mass is 514 g/mol. The van der Waals surface area contributed by atoms with E-state index in [1.807, 2.05) is 40.1 Å². The van der Waals surface area contributed by atoms with Crippen LogP contribution >= 0.6 is 11.3 Å². The van der Waals surface area contributed by atoms with Crippen LogP contribution in [0.1, 0.15) is 5.56 Å². The Labute approximate surface area is 209 Å². The summed E-state index contributed by atoms with van der Waals surface area (Å²) in [5, 5.41) is 3.65. The van der Waals surface area contributed by atoms with Crippen molar-refractivity contribution in [1.29, 1.82) is 0 Å². The third-order valence-corrected chi connectivity index (χ3v) is 7.14. The van der Waals surface area contributed by atoms with Crippen molar-refractivity contribution < 1.29 is 22.4 Å². The van der Waals surface area contributed by atoms with Gasteiger partial charge in [-0.2, -0.15) is 13.2 Å². The summed E-state index contributed by atoms with van der Waals surface area (Å²) in [4.78, 5) is 17.5. The number of piperazine rings is 1. The molecule has 0 aliphatic carbocycles. The molecule has 0 unspecified atom stereocenters. The summed E-state index contributed by atoms with van der Waals surface area (Å²) in [6, 6.07) is 16.9. The Bertz CT molecular complexity index is 1340. The predicted octanol–water partition coefficient (Wildman–Crippen LogP) is 6.72. The lowest BCUT2D eigenvalue weighted by Gasteiger charge is -2.36. The van der Waals surface area contributed by atoms with E-state index >= 15 is 0 Å². The lowest BCUT2D eigenvalue weighted by molar-refractivity contribution is -0.137. The molecule has 5 nitrogen and oxygen atoms in total. The molecule has 4 aromatic rings. The van der Waals surface area contributed by atoms with Gasteiger partial charge in [0.1, 0.15) is 10.8 Å². The molecule has 5 rings (SSSR count). The summed E-state index contributed by atoms with van der Waals surface area (Å²) in [5.41, 5.74) is 1.43. The number of nitrogens with zero attached hydrogens (tertiary/aromatic N) is 3. The minimum absolute atomic E-state index is 0.278. The third-order valence-electron chi connectivity index (χ3n) is 6.05. The van der Waals surface area contributed by atoms with Crippen LogP contribution in [-0.2, 0) is 6.18 Å². The van der Waals surface area contributed by atoms with Crippen molar-refractivity contribution in [3.8, 4) is 16.1 Å². The van der Waals surface area contributed by atoms with Crippen LogP contribution in [0.4, 0.5) is 33.0 Å². The van der Waals surface area contributed by atoms with Crippen molar-refractivity contribution in [1.82, 2.24) is 9.47 Å². The van der Waals surface area contributed by atoms with Gasteiger partial charge in [0.05, 0.1) is 11.3 Å². The van der Waals surface area contributed by atoms with E-state index in [9.17, 15) is 22.4 Å². The fraction of sp³-hybridized carbons (Fsp3) is 0.192. The Morgan fingerprint density at radius 3 is 2.25 bits per heavy atom. The second-order valence-corrected chi connectivity index (χ2v) is 9.43. The van der Waals surface area contributed by atoms with Gasteiger partial charge in [-0.1, -0.05) is 18.2 Å². The normalized spacial score (nSPS) is 14.2. The summed E-state index contributed by atoms with van der Waals surface area (Å²) in [6.07, 6.45) is -0.650. The molecule has 0 spiro atoms. The number of anilines is 2. The van der Waals surface area contributed by atoms with Gasteiger partial charge in [0, 0.05) is 49.1 Å². The fourth-order valence-electron chi connectivity index (χ4n) is 4.14. The number of urea groups is 1. The number of carbonyl (C=O) groups is 1. The molecule has 36 heavy (non-hydrogen) atoms. The molecular formula is C26H22F4N4OS. The topological polar surface area (TPSA) is 40.5 Å². The van der Waals surface area contributed by atoms with Crippen molar-refractivity contribution >= 4 is 28.1 Å². The minimum Gasteiger partial charge on any atom is -0.368 e. The third kappa shape index (κ3) is 5.08. The number of benzene rings is 2. The van der Waals surface area contributed by atoms with E-state index in [0.717, 1.165) is 28.3 Å². The lowest BCUT2D eigenvalue weighted by Crippen LogP contribution is -2.50. The van der Waals surface area contributed by atoms with Crippen molar-refractivity contribution in [2.24, 2.45) is 0 Å². The largest absolute Gasteiger partial charge is 0.416 e. The molecule has 0 radical (unpaired) electrons. The highest BCUT2D eigenvalue weighted by Gasteiger charge is 2.31. The van der Waals surface area contributed by atoms with E-state index in [0.29, 0.717) is 36.9 Å². The zero-order chi connectivity index (χ0) is 25.3. The first-order chi connectivity index (χ1) is 17.3. The predicted molar refractivity (Wildman–Crippen MR) is 133 cm³/mol. The van der Waals surface area contributed by atoms with Crippen LogP contribution in [0.25, 0.3) is 16.1 Å². The van der Waals surface area contributed by atoms with E-state index in [2.05, 4.69) is 5.32 Å². The Morgan fingerprint density at radius 1 is 0.889 bits per heavy atom. The minimum atomic E-state index is -4.40. The van der Waals surface area contributed by atoms with Gasteiger partial charge in [-0.05, 0) is 54.1 Å². The zero-order valence-corrected chi connectivity index (χ0v) is 19.8. The van der Waals surface area contributed by atoms with E-state index in [-0.39, 0.29) is 11.8 Å². The number of nitrogens with one attached hydrogen (secondary N) is 1. The summed E-state index contributed by atoms with van der Waals surface area (Å²) in [7, 11) is 0. The summed E-state index contributed by atoms with van der Waals surface area (Å²) in [6.45, 7) is 1.59. The number of aromatic nitrogens is 1. The molecule has 0 bridgehead atoms. The number of alkyl halides is 3. The van der Waals surface area contributed by atoms with Gasteiger partial charge in [-0.15, -0.1) is 11.3 Å². The maximum absolute atomic E-state index is 13.4. The summed E-state index contributed by atoms with van der Waals surface area (Å²) in [5.74, 6) is -0.321. The van der Waals surface area contributed by atoms with E-state index < -0.39 is 11.7 Å². The average Bonchev–Trinajstić information content (AvgIpc) is 3.54. The van der Waals surface area contributed by atoms with Gasteiger partial charge in [-0.3, -0.25) is 5.32 Å². The number of amides is 2. The quantitative estimate of drug-likeness (QED) is 0.307. The molecular weight excluding hydrogens is 492 g/mol. The van der Waals surface area contributed by atoms with Gasteiger partial charge in [0.25, 0.3) is 0 Å². The van der Waals surface area contributed by atoms with Crippen molar-refractivity contribution in [3.63, 3.8) is 0 Å². The number of thiophene rings is 1. The molecule has 1 N–H and O–H groups in total. The van der Waals surface area contributed by atoms with E-state index in [4.69, 9.17) is 0 Å². The number of hydrogen-bond donors (Lipinski definition) is 1. The Balaban J connectivity index is 1.30. The van der Waals surface area contributed by atoms with Gasteiger partial charge in [0.2, 0.25) is 0 Å². The maximum atomic E-state index is 13.4. The SMILES string of the molecule is O=C(Nc1sc(-c2ccc(F)cc2)cc1-n1cccc1)N1CCN(c2cccc(C(F)(F)F)c2)CC1. The number of hydrogen-bond acceptors (Lipinski definition) is 3. The molecule has 186 valence electrons. The first-order valence-corrected chi connectivity index (χ1v) is 12.1.